The van der Waals surface area contributed by atoms with Crippen molar-refractivity contribution in [2.75, 3.05) is 25.0 Å². The Balaban J connectivity index is 1.63. The van der Waals surface area contributed by atoms with Crippen LogP contribution in [0.4, 0.5) is 5.69 Å². The molecule has 2 aromatic rings. The Morgan fingerprint density at radius 3 is 2.37 bits per heavy atom. The Labute approximate surface area is 174 Å². The predicted octanol–water partition coefficient (Wildman–Crippen LogP) is 1.82. The molecule has 1 aromatic carbocycles. The maximum Gasteiger partial charge on any atom is 0.325 e. The van der Waals surface area contributed by atoms with E-state index in [0.717, 1.165) is 6.42 Å². The van der Waals surface area contributed by atoms with E-state index in [1.165, 1.54) is 17.9 Å². The first-order valence-corrected chi connectivity index (χ1v) is 9.52. The molecular weight excluding hydrogens is 390 g/mol. The molecule has 2 rings (SSSR count). The van der Waals surface area contributed by atoms with Gasteiger partial charge in [-0.25, -0.2) is 0 Å². The van der Waals surface area contributed by atoms with Crippen LogP contribution in [0.5, 0.6) is 0 Å². The van der Waals surface area contributed by atoms with Crippen LogP contribution in [0.15, 0.2) is 47.1 Å². The molecule has 0 aliphatic carbocycles. The minimum Gasteiger partial charge on any atom is -0.459 e. The zero-order valence-electron chi connectivity index (χ0n) is 16.9. The predicted molar refractivity (Wildman–Crippen MR) is 109 cm³/mol. The van der Waals surface area contributed by atoms with E-state index in [4.69, 9.17) is 9.15 Å². The number of hydrogen-bond donors (Lipinski definition) is 3. The lowest BCUT2D eigenvalue weighted by Crippen LogP contribution is -2.39. The fraction of sp³-hybridized carbons (Fsp3) is 0.333. The number of carbonyl (C=O) groups excluding carboxylic acids is 4. The molecule has 1 atom stereocenters. The van der Waals surface area contributed by atoms with Crippen molar-refractivity contribution in [1.82, 2.24) is 10.6 Å². The number of benzene rings is 1. The van der Waals surface area contributed by atoms with Crippen LogP contribution in [0.3, 0.4) is 0 Å². The van der Waals surface area contributed by atoms with Crippen molar-refractivity contribution in [3.63, 3.8) is 0 Å². The second-order valence-corrected chi connectivity index (χ2v) is 6.58. The molecule has 9 nitrogen and oxygen atoms in total. The number of carbonyl (C=O) groups is 4. The summed E-state index contributed by atoms with van der Waals surface area (Å²) in [7, 11) is 0. The summed E-state index contributed by atoms with van der Waals surface area (Å²) in [5.41, 5.74) is 1.78. The molecule has 0 saturated heterocycles. The second-order valence-electron chi connectivity index (χ2n) is 6.58. The molecule has 0 spiro atoms. The van der Waals surface area contributed by atoms with E-state index in [1.807, 2.05) is 12.1 Å². The molecule has 0 bridgehead atoms. The van der Waals surface area contributed by atoms with Crippen LogP contribution in [0, 0.1) is 0 Å². The average Bonchev–Trinajstić information content (AvgIpc) is 3.29. The summed E-state index contributed by atoms with van der Waals surface area (Å²) in [4.78, 5) is 46.8. The highest BCUT2D eigenvalue weighted by molar-refractivity contribution is 5.95. The van der Waals surface area contributed by atoms with E-state index in [0.29, 0.717) is 11.6 Å². The Bertz CT molecular complexity index is 861. The van der Waals surface area contributed by atoms with Crippen molar-refractivity contribution in [3.05, 3.63) is 54.0 Å². The highest BCUT2D eigenvalue weighted by Gasteiger charge is 2.12. The summed E-state index contributed by atoms with van der Waals surface area (Å²) in [6.45, 7) is 3.00. The largest absolute Gasteiger partial charge is 0.459 e. The lowest BCUT2D eigenvalue weighted by molar-refractivity contribution is -0.147. The zero-order valence-corrected chi connectivity index (χ0v) is 16.9. The maximum absolute atomic E-state index is 11.9. The molecule has 0 unspecified atom stereocenters. The van der Waals surface area contributed by atoms with Crippen molar-refractivity contribution in [2.24, 2.45) is 0 Å². The van der Waals surface area contributed by atoms with Crippen LogP contribution < -0.4 is 16.0 Å². The van der Waals surface area contributed by atoms with Gasteiger partial charge in [0.15, 0.2) is 12.4 Å². The highest BCUT2D eigenvalue weighted by atomic mass is 16.5. The topological polar surface area (TPSA) is 127 Å². The van der Waals surface area contributed by atoms with E-state index >= 15 is 0 Å². The number of anilines is 1. The lowest BCUT2D eigenvalue weighted by Gasteiger charge is -2.11. The normalized spacial score (nSPS) is 11.3. The van der Waals surface area contributed by atoms with Crippen LogP contribution in [0.2, 0.25) is 0 Å². The van der Waals surface area contributed by atoms with Crippen molar-refractivity contribution >= 4 is 29.4 Å². The van der Waals surface area contributed by atoms with E-state index < -0.39 is 36.8 Å². The highest BCUT2D eigenvalue weighted by Crippen LogP contribution is 2.20. The Morgan fingerprint density at radius 1 is 1.00 bits per heavy atom. The lowest BCUT2D eigenvalue weighted by atomic mass is 9.99. The van der Waals surface area contributed by atoms with Gasteiger partial charge in [-0.3, -0.25) is 19.2 Å². The van der Waals surface area contributed by atoms with Crippen molar-refractivity contribution in [3.8, 4) is 0 Å². The SMILES string of the molecule is CC[C@@H](C)c1ccc(NC(=O)COC(=O)CNC(=O)CNC(=O)c2ccco2)cc1. The van der Waals surface area contributed by atoms with Crippen LogP contribution in [-0.4, -0.2) is 43.4 Å². The third-order valence-corrected chi connectivity index (χ3v) is 4.32. The molecule has 1 aromatic heterocycles. The molecule has 0 aliphatic heterocycles. The summed E-state index contributed by atoms with van der Waals surface area (Å²) in [6, 6.07) is 10.5. The first-order chi connectivity index (χ1) is 14.4. The molecular formula is C21H25N3O6. The van der Waals surface area contributed by atoms with E-state index in [2.05, 4.69) is 29.8 Å². The van der Waals surface area contributed by atoms with Gasteiger partial charge in [-0.2, -0.15) is 0 Å². The molecule has 30 heavy (non-hydrogen) atoms. The van der Waals surface area contributed by atoms with Crippen molar-refractivity contribution < 1.29 is 28.3 Å². The van der Waals surface area contributed by atoms with Gasteiger partial charge in [-0.1, -0.05) is 26.0 Å². The molecule has 9 heteroatoms. The maximum atomic E-state index is 11.9. The van der Waals surface area contributed by atoms with E-state index in [1.54, 1.807) is 18.2 Å². The Hall–Kier alpha value is -3.62. The smallest absolute Gasteiger partial charge is 0.325 e. The summed E-state index contributed by atoms with van der Waals surface area (Å²) in [5, 5.41) is 7.26. The summed E-state index contributed by atoms with van der Waals surface area (Å²) in [6.07, 6.45) is 2.36. The first-order valence-electron chi connectivity index (χ1n) is 9.52. The first kappa shape index (κ1) is 22.7. The van der Waals surface area contributed by atoms with Gasteiger partial charge in [0.05, 0.1) is 12.8 Å². The standard InChI is InChI=1S/C21H25N3O6/c1-3-14(2)15-6-8-16(9-7-15)24-19(26)13-30-20(27)12-22-18(25)11-23-21(28)17-5-4-10-29-17/h4-10,14H,3,11-13H2,1-2H3,(H,22,25)(H,23,28)(H,24,26)/t14-/m1/s1. The molecule has 0 aliphatic rings. The van der Waals surface area contributed by atoms with Crippen LogP contribution in [0.1, 0.15) is 42.3 Å². The second kappa shape index (κ2) is 11.4. The Morgan fingerprint density at radius 2 is 1.73 bits per heavy atom. The van der Waals surface area contributed by atoms with Gasteiger partial charge < -0.3 is 25.1 Å². The third-order valence-electron chi connectivity index (χ3n) is 4.32. The van der Waals surface area contributed by atoms with Gasteiger partial charge in [0, 0.05) is 5.69 Å². The number of ether oxygens (including phenoxy) is 1. The van der Waals surface area contributed by atoms with Gasteiger partial charge in [-0.15, -0.1) is 0 Å². The van der Waals surface area contributed by atoms with E-state index in [9.17, 15) is 19.2 Å². The van der Waals surface area contributed by atoms with Crippen molar-refractivity contribution in [2.45, 2.75) is 26.2 Å². The van der Waals surface area contributed by atoms with Crippen LogP contribution >= 0.6 is 0 Å². The van der Waals surface area contributed by atoms with Gasteiger partial charge >= 0.3 is 5.97 Å². The van der Waals surface area contributed by atoms with Gasteiger partial charge in [-0.05, 0) is 42.2 Å². The van der Waals surface area contributed by atoms with E-state index in [-0.39, 0.29) is 12.3 Å². The summed E-state index contributed by atoms with van der Waals surface area (Å²) >= 11 is 0. The van der Waals surface area contributed by atoms with Gasteiger partial charge in [0.25, 0.3) is 11.8 Å². The number of furan rings is 1. The minimum absolute atomic E-state index is 0.0720. The monoisotopic (exact) mass is 415 g/mol. The van der Waals surface area contributed by atoms with Gasteiger partial charge in [0.1, 0.15) is 6.54 Å². The fourth-order valence-electron chi connectivity index (χ4n) is 2.41. The average molecular weight is 415 g/mol. The number of amides is 3. The molecule has 3 N–H and O–H groups in total. The van der Waals surface area contributed by atoms with Crippen LogP contribution in [-0.2, 0) is 19.1 Å². The number of esters is 1. The number of rotatable bonds is 10. The quantitative estimate of drug-likeness (QED) is 0.508. The molecule has 3 amide bonds. The summed E-state index contributed by atoms with van der Waals surface area (Å²) in [5.74, 6) is -1.89. The molecule has 0 saturated carbocycles. The molecule has 0 fully saturated rings. The minimum atomic E-state index is -0.775. The van der Waals surface area contributed by atoms with Crippen LogP contribution in [0.25, 0.3) is 0 Å². The zero-order chi connectivity index (χ0) is 21.9. The molecule has 0 radical (unpaired) electrons. The number of hydrogen-bond acceptors (Lipinski definition) is 6. The fourth-order valence-corrected chi connectivity index (χ4v) is 2.41. The summed E-state index contributed by atoms with van der Waals surface area (Å²) < 4.78 is 9.71. The molecule has 1 heterocycles. The van der Waals surface area contributed by atoms with Gasteiger partial charge in [0.2, 0.25) is 5.91 Å². The number of nitrogens with one attached hydrogen (secondary N) is 3. The van der Waals surface area contributed by atoms with Crippen molar-refractivity contribution in [1.29, 1.82) is 0 Å². The molecule has 160 valence electrons. The third kappa shape index (κ3) is 7.42. The Kier molecular flexibility index (Phi) is 8.61.